The maximum Gasteiger partial charge on any atom is 0.325 e. The van der Waals surface area contributed by atoms with Gasteiger partial charge in [-0.3, -0.25) is 9.78 Å². The topological polar surface area (TPSA) is 62.6 Å². The Labute approximate surface area is 146 Å². The highest BCUT2D eigenvalue weighted by Crippen LogP contribution is 2.34. The second-order valence-corrected chi connectivity index (χ2v) is 5.42. The summed E-state index contributed by atoms with van der Waals surface area (Å²) in [6.07, 6.45) is 3.62. The molecule has 0 spiro atoms. The number of aromatic nitrogens is 2. The number of hydrogen-bond acceptors (Lipinski definition) is 5. The molecule has 2 aromatic heterocycles. The van der Waals surface area contributed by atoms with Crippen LogP contribution in [0.15, 0.2) is 42.7 Å². The first-order valence-corrected chi connectivity index (χ1v) is 7.99. The summed E-state index contributed by atoms with van der Waals surface area (Å²) < 4.78 is 17.6. The number of nitrogens with zero attached hydrogens (tertiary/aromatic N) is 2. The van der Waals surface area contributed by atoms with E-state index in [4.69, 9.17) is 14.2 Å². The van der Waals surface area contributed by atoms with E-state index in [1.165, 1.54) is 0 Å². The number of benzene rings is 1. The van der Waals surface area contributed by atoms with Gasteiger partial charge in [-0.1, -0.05) is 0 Å². The SMILES string of the molecule is CCOC(=O)Cn1ccc2ccnc(-c3ccc(OC)c(OC)c3)c21. The monoisotopic (exact) mass is 340 g/mol. The minimum Gasteiger partial charge on any atom is -0.493 e. The van der Waals surface area contributed by atoms with E-state index in [0.29, 0.717) is 18.1 Å². The van der Waals surface area contributed by atoms with Gasteiger partial charge in [0.1, 0.15) is 6.54 Å². The molecule has 0 atom stereocenters. The normalized spacial score (nSPS) is 10.7. The Bertz CT molecular complexity index is 902. The van der Waals surface area contributed by atoms with Gasteiger partial charge >= 0.3 is 5.97 Å². The molecule has 3 aromatic rings. The fourth-order valence-corrected chi connectivity index (χ4v) is 2.82. The van der Waals surface area contributed by atoms with Crippen molar-refractivity contribution in [3.05, 3.63) is 42.7 Å². The Morgan fingerprint density at radius 1 is 1.12 bits per heavy atom. The third-order valence-electron chi connectivity index (χ3n) is 3.94. The van der Waals surface area contributed by atoms with Crippen molar-refractivity contribution in [1.29, 1.82) is 0 Å². The second-order valence-electron chi connectivity index (χ2n) is 5.42. The molecule has 2 heterocycles. The van der Waals surface area contributed by atoms with Crippen LogP contribution in [0.5, 0.6) is 11.5 Å². The zero-order valence-corrected chi connectivity index (χ0v) is 14.5. The fourth-order valence-electron chi connectivity index (χ4n) is 2.82. The third-order valence-corrected chi connectivity index (χ3v) is 3.94. The lowest BCUT2D eigenvalue weighted by Crippen LogP contribution is -2.13. The number of fused-ring (bicyclic) bond motifs is 1. The average Bonchev–Trinajstić information content (AvgIpc) is 3.04. The molecule has 0 aliphatic carbocycles. The van der Waals surface area contributed by atoms with Crippen LogP contribution in [0, 0.1) is 0 Å². The molecule has 0 aliphatic heterocycles. The fraction of sp³-hybridized carbons (Fsp3) is 0.263. The predicted octanol–water partition coefficient (Wildman–Crippen LogP) is 3.28. The van der Waals surface area contributed by atoms with Crippen LogP contribution in [-0.2, 0) is 16.1 Å². The number of rotatable bonds is 6. The molecule has 0 radical (unpaired) electrons. The minimum atomic E-state index is -0.276. The molecule has 0 saturated heterocycles. The molecule has 25 heavy (non-hydrogen) atoms. The van der Waals surface area contributed by atoms with E-state index < -0.39 is 0 Å². The van der Waals surface area contributed by atoms with Crippen molar-refractivity contribution in [2.24, 2.45) is 0 Å². The van der Waals surface area contributed by atoms with E-state index in [0.717, 1.165) is 22.2 Å². The third kappa shape index (κ3) is 3.28. The lowest BCUT2D eigenvalue weighted by molar-refractivity contribution is -0.143. The van der Waals surface area contributed by atoms with E-state index in [2.05, 4.69) is 4.98 Å². The Hall–Kier alpha value is -3.02. The summed E-state index contributed by atoms with van der Waals surface area (Å²) in [4.78, 5) is 16.4. The zero-order chi connectivity index (χ0) is 17.8. The number of methoxy groups -OCH3 is 2. The lowest BCUT2D eigenvalue weighted by Gasteiger charge is -2.12. The number of carbonyl (C=O) groups is 1. The molecule has 0 fully saturated rings. The van der Waals surface area contributed by atoms with Crippen LogP contribution in [0.4, 0.5) is 0 Å². The molecule has 0 aliphatic rings. The Balaban J connectivity index is 2.10. The molecule has 0 bridgehead atoms. The van der Waals surface area contributed by atoms with Gasteiger partial charge in [-0.05, 0) is 37.3 Å². The van der Waals surface area contributed by atoms with Crippen LogP contribution >= 0.6 is 0 Å². The van der Waals surface area contributed by atoms with Gasteiger partial charge in [0.25, 0.3) is 0 Å². The number of pyridine rings is 1. The van der Waals surface area contributed by atoms with Gasteiger partial charge in [0.2, 0.25) is 0 Å². The summed E-state index contributed by atoms with van der Waals surface area (Å²) in [6.45, 7) is 2.30. The van der Waals surface area contributed by atoms with Crippen LogP contribution in [0.3, 0.4) is 0 Å². The molecule has 0 N–H and O–H groups in total. The quantitative estimate of drug-likeness (QED) is 0.644. The van der Waals surface area contributed by atoms with Crippen LogP contribution in [0.2, 0.25) is 0 Å². The van der Waals surface area contributed by atoms with Crippen molar-refractivity contribution >= 4 is 16.9 Å². The van der Waals surface area contributed by atoms with Crippen molar-refractivity contribution < 1.29 is 19.0 Å². The Kier molecular flexibility index (Phi) is 4.88. The zero-order valence-electron chi connectivity index (χ0n) is 14.5. The molecule has 0 amide bonds. The van der Waals surface area contributed by atoms with Gasteiger partial charge in [-0.2, -0.15) is 0 Å². The maximum atomic E-state index is 11.9. The largest absolute Gasteiger partial charge is 0.493 e. The second kappa shape index (κ2) is 7.25. The number of carbonyl (C=O) groups excluding carboxylic acids is 1. The van der Waals surface area contributed by atoms with E-state index in [1.807, 2.05) is 41.1 Å². The summed E-state index contributed by atoms with van der Waals surface area (Å²) in [5.74, 6) is 1.00. The van der Waals surface area contributed by atoms with E-state index in [1.54, 1.807) is 27.3 Å². The highest BCUT2D eigenvalue weighted by Gasteiger charge is 2.14. The Morgan fingerprint density at radius 3 is 2.64 bits per heavy atom. The first kappa shape index (κ1) is 16.8. The van der Waals surface area contributed by atoms with Gasteiger partial charge in [-0.25, -0.2) is 0 Å². The first-order valence-electron chi connectivity index (χ1n) is 7.99. The number of esters is 1. The predicted molar refractivity (Wildman–Crippen MR) is 94.9 cm³/mol. The summed E-state index contributed by atoms with van der Waals surface area (Å²) in [5.41, 5.74) is 2.53. The average molecular weight is 340 g/mol. The molecule has 1 aromatic carbocycles. The van der Waals surface area contributed by atoms with Gasteiger partial charge in [-0.15, -0.1) is 0 Å². The van der Waals surface area contributed by atoms with Crippen molar-refractivity contribution in [3.63, 3.8) is 0 Å². The van der Waals surface area contributed by atoms with E-state index >= 15 is 0 Å². The molecular formula is C19H20N2O4. The molecular weight excluding hydrogens is 320 g/mol. The summed E-state index contributed by atoms with van der Waals surface area (Å²) in [6, 6.07) is 9.52. The van der Waals surface area contributed by atoms with Gasteiger partial charge in [0.05, 0.1) is 32.0 Å². The summed E-state index contributed by atoms with van der Waals surface area (Å²) in [5, 5.41) is 1.00. The van der Waals surface area contributed by atoms with Crippen molar-refractivity contribution in [2.75, 3.05) is 20.8 Å². The smallest absolute Gasteiger partial charge is 0.325 e. The summed E-state index contributed by atoms with van der Waals surface area (Å²) >= 11 is 0. The molecule has 3 rings (SSSR count). The summed E-state index contributed by atoms with van der Waals surface area (Å²) in [7, 11) is 3.19. The van der Waals surface area contributed by atoms with Crippen LogP contribution < -0.4 is 9.47 Å². The lowest BCUT2D eigenvalue weighted by atomic mass is 10.1. The van der Waals surface area contributed by atoms with Crippen molar-refractivity contribution in [2.45, 2.75) is 13.5 Å². The van der Waals surface area contributed by atoms with E-state index in [-0.39, 0.29) is 12.5 Å². The van der Waals surface area contributed by atoms with Crippen molar-refractivity contribution in [3.8, 4) is 22.8 Å². The number of hydrogen-bond donors (Lipinski definition) is 0. The standard InChI is InChI=1S/C19H20N2O4/c1-4-25-17(22)12-21-10-8-13-7-9-20-18(19(13)21)14-5-6-15(23-2)16(11-14)24-3/h5-11H,4,12H2,1-3H3. The first-order chi connectivity index (χ1) is 12.2. The Morgan fingerprint density at radius 2 is 1.92 bits per heavy atom. The van der Waals surface area contributed by atoms with Gasteiger partial charge in [0, 0.05) is 23.3 Å². The van der Waals surface area contributed by atoms with E-state index in [9.17, 15) is 4.79 Å². The highest BCUT2D eigenvalue weighted by atomic mass is 16.5. The van der Waals surface area contributed by atoms with Crippen LogP contribution in [-0.4, -0.2) is 36.3 Å². The van der Waals surface area contributed by atoms with Gasteiger partial charge < -0.3 is 18.8 Å². The molecule has 130 valence electrons. The van der Waals surface area contributed by atoms with Crippen molar-refractivity contribution in [1.82, 2.24) is 9.55 Å². The maximum absolute atomic E-state index is 11.9. The minimum absolute atomic E-state index is 0.142. The van der Waals surface area contributed by atoms with Gasteiger partial charge in [0.15, 0.2) is 11.5 Å². The van der Waals surface area contributed by atoms with Crippen LogP contribution in [0.1, 0.15) is 6.92 Å². The highest BCUT2D eigenvalue weighted by molar-refractivity contribution is 5.93. The molecule has 0 unspecified atom stereocenters. The number of ether oxygens (including phenoxy) is 3. The molecule has 6 nitrogen and oxygen atoms in total. The molecule has 6 heteroatoms. The molecule has 0 saturated carbocycles. The van der Waals surface area contributed by atoms with Crippen LogP contribution in [0.25, 0.3) is 22.2 Å².